The van der Waals surface area contributed by atoms with Crippen molar-refractivity contribution < 1.29 is 15.0 Å². The molecule has 3 rings (SSSR count). The van der Waals surface area contributed by atoms with Crippen molar-refractivity contribution in [3.05, 3.63) is 35.9 Å². The van der Waals surface area contributed by atoms with Crippen LogP contribution in [0.1, 0.15) is 37.7 Å². The molecule has 1 saturated heterocycles. The zero-order valence-corrected chi connectivity index (χ0v) is 12.7. The molecule has 2 aliphatic rings. The second-order valence-corrected chi connectivity index (χ2v) is 6.30. The van der Waals surface area contributed by atoms with Crippen LogP contribution in [0.4, 0.5) is 0 Å². The fourth-order valence-electron chi connectivity index (χ4n) is 3.34. The monoisotopic (exact) mass is 301 g/mol. The van der Waals surface area contributed by atoms with E-state index < -0.39 is 0 Å². The molecule has 22 heavy (non-hydrogen) atoms. The Hall–Kier alpha value is -1.81. The first-order valence-corrected chi connectivity index (χ1v) is 8.09. The van der Waals surface area contributed by atoms with E-state index in [1.165, 1.54) is 5.57 Å². The summed E-state index contributed by atoms with van der Waals surface area (Å²) < 4.78 is 0. The van der Waals surface area contributed by atoms with Crippen LogP contribution < -0.4 is 0 Å². The minimum Gasteiger partial charge on any atom is -0.508 e. The predicted molar refractivity (Wildman–Crippen MR) is 85.2 cm³/mol. The molecule has 1 fully saturated rings. The van der Waals surface area contributed by atoms with Crippen LogP contribution in [-0.4, -0.2) is 40.2 Å². The van der Waals surface area contributed by atoms with Crippen molar-refractivity contribution in [2.24, 2.45) is 5.92 Å². The van der Waals surface area contributed by atoms with Crippen LogP contribution >= 0.6 is 0 Å². The zero-order valence-electron chi connectivity index (χ0n) is 12.7. The molecule has 1 aliphatic carbocycles. The molecule has 0 saturated carbocycles. The predicted octanol–water partition coefficient (Wildman–Crippen LogP) is 2.56. The summed E-state index contributed by atoms with van der Waals surface area (Å²) in [7, 11) is 0. The fourth-order valence-corrected chi connectivity index (χ4v) is 3.34. The van der Waals surface area contributed by atoms with Gasteiger partial charge in [-0.05, 0) is 55.4 Å². The molecule has 0 spiro atoms. The SMILES string of the molecule is O=C(C1CC=C(c2ccc(O)cc2)CC1)N1CCC(O)CC1. The van der Waals surface area contributed by atoms with Crippen molar-refractivity contribution in [1.82, 2.24) is 4.90 Å². The molecular weight excluding hydrogens is 278 g/mol. The quantitative estimate of drug-likeness (QED) is 0.882. The lowest BCUT2D eigenvalue weighted by atomic mass is 9.85. The summed E-state index contributed by atoms with van der Waals surface area (Å²) in [5.74, 6) is 0.601. The Kier molecular flexibility index (Phi) is 4.48. The van der Waals surface area contributed by atoms with Gasteiger partial charge in [-0.25, -0.2) is 0 Å². The van der Waals surface area contributed by atoms with Crippen molar-refractivity contribution in [2.45, 2.75) is 38.2 Å². The standard InChI is InChI=1S/C18H23NO3/c20-16-7-5-14(6-8-16)13-1-3-15(4-2-13)18(22)19-11-9-17(21)10-12-19/h1,5-8,15,17,20-21H,2-4,9-12H2. The normalized spacial score (nSPS) is 23.2. The number of phenols is 1. The first kappa shape index (κ1) is 15.1. The smallest absolute Gasteiger partial charge is 0.226 e. The fraction of sp³-hybridized carbons (Fsp3) is 0.500. The third-order valence-electron chi connectivity index (χ3n) is 4.77. The van der Waals surface area contributed by atoms with Gasteiger partial charge < -0.3 is 15.1 Å². The van der Waals surface area contributed by atoms with Gasteiger partial charge in [0.2, 0.25) is 5.91 Å². The molecule has 1 aromatic rings. The van der Waals surface area contributed by atoms with Crippen molar-refractivity contribution in [3.8, 4) is 5.75 Å². The Morgan fingerprint density at radius 2 is 1.77 bits per heavy atom. The van der Waals surface area contributed by atoms with Crippen LogP contribution in [0, 0.1) is 5.92 Å². The molecule has 4 heteroatoms. The number of likely N-dealkylation sites (tertiary alicyclic amines) is 1. The second-order valence-electron chi connectivity index (χ2n) is 6.30. The van der Waals surface area contributed by atoms with E-state index in [0.717, 1.165) is 24.8 Å². The highest BCUT2D eigenvalue weighted by atomic mass is 16.3. The third kappa shape index (κ3) is 3.33. The number of piperidine rings is 1. The summed E-state index contributed by atoms with van der Waals surface area (Å²) in [6.07, 6.45) is 5.89. The lowest BCUT2D eigenvalue weighted by Gasteiger charge is -2.33. The van der Waals surface area contributed by atoms with Crippen LogP contribution in [0.2, 0.25) is 0 Å². The number of rotatable bonds is 2. The molecule has 4 nitrogen and oxygen atoms in total. The Bertz CT molecular complexity index is 556. The summed E-state index contributed by atoms with van der Waals surface area (Å²) in [4.78, 5) is 14.4. The number of hydrogen-bond donors (Lipinski definition) is 2. The van der Waals surface area contributed by atoms with E-state index in [0.29, 0.717) is 25.9 Å². The first-order valence-electron chi connectivity index (χ1n) is 8.09. The maximum Gasteiger partial charge on any atom is 0.226 e. The highest BCUT2D eigenvalue weighted by Crippen LogP contribution is 2.32. The molecule has 1 amide bonds. The van der Waals surface area contributed by atoms with Gasteiger partial charge in [0.25, 0.3) is 0 Å². The Morgan fingerprint density at radius 3 is 2.36 bits per heavy atom. The molecule has 1 heterocycles. The molecule has 0 bridgehead atoms. The maximum absolute atomic E-state index is 12.5. The van der Waals surface area contributed by atoms with E-state index in [2.05, 4.69) is 6.08 Å². The Balaban J connectivity index is 1.60. The van der Waals surface area contributed by atoms with Crippen LogP contribution in [-0.2, 0) is 4.79 Å². The minimum absolute atomic E-state index is 0.0797. The van der Waals surface area contributed by atoms with E-state index in [1.54, 1.807) is 12.1 Å². The van der Waals surface area contributed by atoms with Gasteiger partial charge >= 0.3 is 0 Å². The van der Waals surface area contributed by atoms with Gasteiger partial charge in [0, 0.05) is 19.0 Å². The van der Waals surface area contributed by atoms with Crippen LogP contribution in [0.5, 0.6) is 5.75 Å². The average Bonchev–Trinajstić information content (AvgIpc) is 2.56. The molecule has 1 atom stereocenters. The van der Waals surface area contributed by atoms with Crippen molar-refractivity contribution in [1.29, 1.82) is 0 Å². The van der Waals surface area contributed by atoms with Gasteiger partial charge in [-0.1, -0.05) is 18.2 Å². The van der Waals surface area contributed by atoms with Gasteiger partial charge in [0.15, 0.2) is 0 Å². The van der Waals surface area contributed by atoms with Gasteiger partial charge in [0.05, 0.1) is 6.10 Å². The van der Waals surface area contributed by atoms with Crippen LogP contribution in [0.25, 0.3) is 5.57 Å². The highest BCUT2D eigenvalue weighted by molar-refractivity contribution is 5.80. The molecule has 1 unspecified atom stereocenters. The largest absolute Gasteiger partial charge is 0.508 e. The molecule has 118 valence electrons. The Labute approximate surface area is 131 Å². The summed E-state index contributed by atoms with van der Waals surface area (Å²) in [6.45, 7) is 1.37. The van der Waals surface area contributed by atoms with Gasteiger partial charge in [-0.2, -0.15) is 0 Å². The molecular formula is C18H23NO3. The minimum atomic E-state index is -0.239. The van der Waals surface area contributed by atoms with Crippen molar-refractivity contribution in [3.63, 3.8) is 0 Å². The lowest BCUT2D eigenvalue weighted by Crippen LogP contribution is -2.43. The third-order valence-corrected chi connectivity index (χ3v) is 4.77. The maximum atomic E-state index is 12.5. The summed E-state index contributed by atoms with van der Waals surface area (Å²) >= 11 is 0. The molecule has 2 N–H and O–H groups in total. The number of amides is 1. The van der Waals surface area contributed by atoms with Gasteiger partial charge in [-0.15, -0.1) is 0 Å². The van der Waals surface area contributed by atoms with Crippen LogP contribution in [0.3, 0.4) is 0 Å². The number of allylic oxidation sites excluding steroid dienone is 2. The lowest BCUT2D eigenvalue weighted by molar-refractivity contribution is -0.137. The Morgan fingerprint density at radius 1 is 1.09 bits per heavy atom. The van der Waals surface area contributed by atoms with Crippen LogP contribution in [0.15, 0.2) is 30.3 Å². The summed E-state index contributed by atoms with van der Waals surface area (Å²) in [5.41, 5.74) is 2.39. The second kappa shape index (κ2) is 6.53. The molecule has 1 aromatic carbocycles. The van der Waals surface area contributed by atoms with E-state index >= 15 is 0 Å². The van der Waals surface area contributed by atoms with Crippen molar-refractivity contribution >= 4 is 11.5 Å². The first-order chi connectivity index (χ1) is 10.6. The summed E-state index contributed by atoms with van der Waals surface area (Å²) in [5, 5.41) is 18.9. The number of benzene rings is 1. The number of carbonyl (C=O) groups is 1. The van der Waals surface area contributed by atoms with E-state index in [9.17, 15) is 15.0 Å². The van der Waals surface area contributed by atoms with Gasteiger partial charge in [0.1, 0.15) is 5.75 Å². The number of nitrogens with zero attached hydrogens (tertiary/aromatic N) is 1. The van der Waals surface area contributed by atoms with Gasteiger partial charge in [-0.3, -0.25) is 4.79 Å². The molecule has 0 radical (unpaired) electrons. The van der Waals surface area contributed by atoms with Crippen molar-refractivity contribution in [2.75, 3.05) is 13.1 Å². The number of carbonyl (C=O) groups excluding carboxylic acids is 1. The number of hydrogen-bond acceptors (Lipinski definition) is 3. The molecule has 1 aliphatic heterocycles. The van der Waals surface area contributed by atoms with E-state index in [1.807, 2.05) is 17.0 Å². The van der Waals surface area contributed by atoms with E-state index in [-0.39, 0.29) is 23.7 Å². The number of aliphatic hydroxyl groups is 1. The number of phenolic OH excluding ortho intramolecular Hbond substituents is 1. The number of aromatic hydroxyl groups is 1. The average molecular weight is 301 g/mol. The number of aliphatic hydroxyl groups excluding tert-OH is 1. The summed E-state index contributed by atoms with van der Waals surface area (Å²) in [6, 6.07) is 7.25. The topological polar surface area (TPSA) is 60.8 Å². The zero-order chi connectivity index (χ0) is 15.5. The van der Waals surface area contributed by atoms with E-state index in [4.69, 9.17) is 0 Å². The highest BCUT2D eigenvalue weighted by Gasteiger charge is 2.28. The molecule has 0 aromatic heterocycles.